The summed E-state index contributed by atoms with van der Waals surface area (Å²) < 4.78 is 7.84. The van der Waals surface area contributed by atoms with E-state index in [4.69, 9.17) is 16.3 Å². The maximum Gasteiger partial charge on any atom is 0.124 e. The van der Waals surface area contributed by atoms with Gasteiger partial charge < -0.3 is 10.1 Å². The van der Waals surface area contributed by atoms with Crippen LogP contribution in [0.3, 0.4) is 0 Å². The molecule has 0 saturated carbocycles. The first-order chi connectivity index (χ1) is 10.1. The Morgan fingerprint density at radius 1 is 1.38 bits per heavy atom. The molecule has 1 aromatic heterocycles. The Hall–Kier alpha value is -1.52. The molecule has 0 spiro atoms. The van der Waals surface area contributed by atoms with Gasteiger partial charge in [0.2, 0.25) is 0 Å². The highest BCUT2D eigenvalue weighted by atomic mass is 35.5. The topological polar surface area (TPSA) is 39.1 Å². The van der Waals surface area contributed by atoms with Crippen LogP contribution in [0.1, 0.15) is 37.9 Å². The lowest BCUT2D eigenvalue weighted by molar-refractivity contribution is 0.299. The van der Waals surface area contributed by atoms with E-state index in [-0.39, 0.29) is 6.04 Å². The molecular formula is C16H22ClN3O. The minimum atomic E-state index is 0.196. The molecule has 0 fully saturated rings. The standard InChI is InChI=1S/C16H22ClN3O/c1-4-18-12(3)15-8-14(17)6-7-16(15)21-11-13-9-19-20(5-2)10-13/h6-10,12,18H,4-5,11H2,1-3H3. The number of hydrogen-bond donors (Lipinski definition) is 1. The first kappa shape index (κ1) is 15.9. The molecule has 0 bridgehead atoms. The van der Waals surface area contributed by atoms with Gasteiger partial charge in [-0.05, 0) is 38.6 Å². The van der Waals surface area contributed by atoms with Crippen molar-refractivity contribution in [2.75, 3.05) is 6.54 Å². The number of aromatic nitrogens is 2. The summed E-state index contributed by atoms with van der Waals surface area (Å²) in [6.07, 6.45) is 3.84. The highest BCUT2D eigenvalue weighted by molar-refractivity contribution is 6.30. The summed E-state index contributed by atoms with van der Waals surface area (Å²) in [5, 5.41) is 8.36. The molecule has 0 aliphatic carbocycles. The van der Waals surface area contributed by atoms with Gasteiger partial charge in [0.25, 0.3) is 0 Å². The molecule has 0 aliphatic rings. The van der Waals surface area contributed by atoms with Crippen molar-refractivity contribution in [2.45, 2.75) is 40.0 Å². The van der Waals surface area contributed by atoms with Crippen LogP contribution in [0.4, 0.5) is 0 Å². The zero-order chi connectivity index (χ0) is 15.2. The van der Waals surface area contributed by atoms with Gasteiger partial charge in [0.05, 0.1) is 6.20 Å². The van der Waals surface area contributed by atoms with Crippen molar-refractivity contribution >= 4 is 11.6 Å². The Morgan fingerprint density at radius 2 is 2.19 bits per heavy atom. The first-order valence-corrected chi connectivity index (χ1v) is 7.68. The third-order valence-corrected chi connectivity index (χ3v) is 3.59. The van der Waals surface area contributed by atoms with Crippen molar-refractivity contribution in [3.05, 3.63) is 46.7 Å². The van der Waals surface area contributed by atoms with Crippen LogP contribution >= 0.6 is 11.6 Å². The number of rotatable bonds is 7. The molecule has 1 aromatic carbocycles. The normalized spacial score (nSPS) is 12.4. The minimum Gasteiger partial charge on any atom is -0.488 e. The van der Waals surface area contributed by atoms with Crippen molar-refractivity contribution in [1.82, 2.24) is 15.1 Å². The zero-order valence-electron chi connectivity index (χ0n) is 12.8. The number of benzene rings is 1. The van der Waals surface area contributed by atoms with Crippen molar-refractivity contribution in [1.29, 1.82) is 0 Å². The van der Waals surface area contributed by atoms with Crippen LogP contribution in [0, 0.1) is 0 Å². The zero-order valence-corrected chi connectivity index (χ0v) is 13.5. The maximum atomic E-state index is 6.10. The maximum absolute atomic E-state index is 6.10. The molecule has 21 heavy (non-hydrogen) atoms. The lowest BCUT2D eigenvalue weighted by Gasteiger charge is -2.18. The van der Waals surface area contributed by atoms with Crippen molar-refractivity contribution in [3.8, 4) is 5.75 Å². The van der Waals surface area contributed by atoms with Crippen LogP contribution in [-0.2, 0) is 13.2 Å². The Kier molecular flexibility index (Phi) is 5.65. The smallest absolute Gasteiger partial charge is 0.124 e. The monoisotopic (exact) mass is 307 g/mol. The van der Waals surface area contributed by atoms with Gasteiger partial charge >= 0.3 is 0 Å². The summed E-state index contributed by atoms with van der Waals surface area (Å²) in [6, 6.07) is 5.94. The average Bonchev–Trinajstić information content (AvgIpc) is 2.94. The van der Waals surface area contributed by atoms with E-state index in [9.17, 15) is 0 Å². The second kappa shape index (κ2) is 7.48. The lowest BCUT2D eigenvalue weighted by atomic mass is 10.1. The number of hydrogen-bond acceptors (Lipinski definition) is 3. The molecule has 0 amide bonds. The Morgan fingerprint density at radius 3 is 2.86 bits per heavy atom. The number of aryl methyl sites for hydroxylation is 1. The predicted molar refractivity (Wildman–Crippen MR) is 85.8 cm³/mol. The van der Waals surface area contributed by atoms with Crippen LogP contribution in [-0.4, -0.2) is 16.3 Å². The van der Waals surface area contributed by atoms with E-state index in [0.717, 1.165) is 35.0 Å². The molecule has 1 N–H and O–H groups in total. The summed E-state index contributed by atoms with van der Waals surface area (Å²) in [7, 11) is 0. The Labute approximate surface area is 131 Å². The van der Waals surface area contributed by atoms with Crippen LogP contribution in [0.25, 0.3) is 0 Å². The van der Waals surface area contributed by atoms with Crippen molar-refractivity contribution in [3.63, 3.8) is 0 Å². The van der Waals surface area contributed by atoms with Gasteiger partial charge in [-0.15, -0.1) is 0 Å². The van der Waals surface area contributed by atoms with Crippen molar-refractivity contribution in [2.24, 2.45) is 0 Å². The summed E-state index contributed by atoms with van der Waals surface area (Å²) >= 11 is 6.10. The molecule has 1 unspecified atom stereocenters. The fourth-order valence-electron chi connectivity index (χ4n) is 2.22. The number of nitrogens with zero attached hydrogens (tertiary/aromatic N) is 2. The lowest BCUT2D eigenvalue weighted by Crippen LogP contribution is -2.18. The van der Waals surface area contributed by atoms with E-state index in [1.165, 1.54) is 0 Å². The quantitative estimate of drug-likeness (QED) is 0.845. The van der Waals surface area contributed by atoms with Crippen molar-refractivity contribution < 1.29 is 4.74 Å². The largest absolute Gasteiger partial charge is 0.488 e. The number of halogens is 1. The van der Waals surface area contributed by atoms with Crippen LogP contribution < -0.4 is 10.1 Å². The summed E-state index contributed by atoms with van der Waals surface area (Å²) in [6.45, 7) is 8.53. The highest BCUT2D eigenvalue weighted by Crippen LogP contribution is 2.29. The van der Waals surface area contributed by atoms with Gasteiger partial charge in [0, 0.05) is 34.9 Å². The average molecular weight is 308 g/mol. The number of nitrogens with one attached hydrogen (secondary N) is 1. The SMILES string of the molecule is CCNC(C)c1cc(Cl)ccc1OCc1cnn(CC)c1. The molecule has 114 valence electrons. The summed E-state index contributed by atoms with van der Waals surface area (Å²) in [5.74, 6) is 0.858. The molecule has 5 heteroatoms. The third kappa shape index (κ3) is 4.22. The van der Waals surface area contributed by atoms with Gasteiger partial charge in [-0.1, -0.05) is 18.5 Å². The number of ether oxygens (including phenoxy) is 1. The second-order valence-electron chi connectivity index (χ2n) is 4.95. The van der Waals surface area contributed by atoms with Gasteiger partial charge in [-0.3, -0.25) is 4.68 Å². The molecule has 1 heterocycles. The van der Waals surface area contributed by atoms with Gasteiger partial charge in [-0.2, -0.15) is 5.10 Å². The molecule has 0 radical (unpaired) electrons. The molecule has 2 rings (SSSR count). The minimum absolute atomic E-state index is 0.196. The summed E-state index contributed by atoms with van der Waals surface area (Å²) in [4.78, 5) is 0. The molecule has 0 saturated heterocycles. The Bertz CT molecular complexity index is 583. The van der Waals surface area contributed by atoms with E-state index in [1.54, 1.807) is 0 Å². The fourth-order valence-corrected chi connectivity index (χ4v) is 2.40. The molecule has 2 aromatic rings. The molecule has 1 atom stereocenters. The predicted octanol–water partition coefficient (Wildman–Crippen LogP) is 3.81. The third-order valence-electron chi connectivity index (χ3n) is 3.35. The second-order valence-corrected chi connectivity index (χ2v) is 5.39. The van der Waals surface area contributed by atoms with Gasteiger partial charge in [0.15, 0.2) is 0 Å². The van der Waals surface area contributed by atoms with E-state index in [0.29, 0.717) is 6.61 Å². The highest BCUT2D eigenvalue weighted by Gasteiger charge is 2.12. The first-order valence-electron chi connectivity index (χ1n) is 7.31. The van der Waals surface area contributed by atoms with E-state index < -0.39 is 0 Å². The van der Waals surface area contributed by atoms with Gasteiger partial charge in [-0.25, -0.2) is 0 Å². The van der Waals surface area contributed by atoms with E-state index in [1.807, 2.05) is 35.3 Å². The molecular weight excluding hydrogens is 286 g/mol. The summed E-state index contributed by atoms with van der Waals surface area (Å²) in [5.41, 5.74) is 2.14. The molecule has 0 aliphatic heterocycles. The van der Waals surface area contributed by atoms with E-state index in [2.05, 4.69) is 31.2 Å². The van der Waals surface area contributed by atoms with Crippen LogP contribution in [0.2, 0.25) is 5.02 Å². The Balaban J connectivity index is 2.11. The van der Waals surface area contributed by atoms with E-state index >= 15 is 0 Å². The van der Waals surface area contributed by atoms with Crippen LogP contribution in [0.5, 0.6) is 5.75 Å². The fraction of sp³-hybridized carbons (Fsp3) is 0.438. The van der Waals surface area contributed by atoms with Gasteiger partial charge in [0.1, 0.15) is 12.4 Å². The van der Waals surface area contributed by atoms with Crippen LogP contribution in [0.15, 0.2) is 30.6 Å². The molecule has 4 nitrogen and oxygen atoms in total.